The van der Waals surface area contributed by atoms with Gasteiger partial charge in [0.2, 0.25) is 0 Å². The van der Waals surface area contributed by atoms with Crippen molar-refractivity contribution in [2.24, 2.45) is 0 Å². The molecule has 1 aliphatic rings. The number of benzene rings is 5. The van der Waals surface area contributed by atoms with Gasteiger partial charge in [-0.3, -0.25) is 0 Å². The molecule has 1 aliphatic carbocycles. The molecule has 0 saturated heterocycles. The molecule has 6 rings (SSSR count). The van der Waals surface area contributed by atoms with Gasteiger partial charge in [-0.05, 0) is 113 Å². The minimum absolute atomic E-state index is 0.925. The normalized spacial score (nSPS) is 12.0. The number of fused-ring (bicyclic) bond motifs is 3. The summed E-state index contributed by atoms with van der Waals surface area (Å²) in [7, 11) is 0. The van der Waals surface area contributed by atoms with Gasteiger partial charge in [0.05, 0.1) is 6.26 Å². The van der Waals surface area contributed by atoms with Crippen molar-refractivity contribution >= 4 is 0 Å². The lowest BCUT2D eigenvalue weighted by Gasteiger charge is -2.23. The highest BCUT2D eigenvalue weighted by atomic mass is 16.5. The first-order valence-electron chi connectivity index (χ1n) is 13.4. The number of hydrogen-bond acceptors (Lipinski definition) is 1. The maximum absolute atomic E-state index is 6.35. The summed E-state index contributed by atoms with van der Waals surface area (Å²) in [4.78, 5) is 0. The molecule has 0 heterocycles. The second-order valence-corrected chi connectivity index (χ2v) is 10.2. The Balaban J connectivity index is 1.79. The Bertz CT molecular complexity index is 1670. The fourth-order valence-electron chi connectivity index (χ4n) is 5.86. The van der Waals surface area contributed by atoms with Crippen LogP contribution in [0.5, 0.6) is 5.75 Å². The molecule has 0 bridgehead atoms. The maximum Gasteiger partial charge on any atom is 0.137 e. The van der Waals surface area contributed by atoms with E-state index in [-0.39, 0.29) is 0 Å². The zero-order valence-corrected chi connectivity index (χ0v) is 22.5. The highest BCUT2D eigenvalue weighted by molar-refractivity contribution is 6.02. The van der Waals surface area contributed by atoms with Crippen molar-refractivity contribution in [1.29, 1.82) is 0 Å². The third-order valence-corrected chi connectivity index (χ3v) is 7.95. The van der Waals surface area contributed by atoms with Gasteiger partial charge in [0.25, 0.3) is 0 Å². The van der Waals surface area contributed by atoms with Gasteiger partial charge in [-0.15, -0.1) is 0 Å². The molecule has 186 valence electrons. The number of rotatable bonds is 5. The molecule has 0 atom stereocenters. The van der Waals surface area contributed by atoms with Crippen molar-refractivity contribution in [3.8, 4) is 50.3 Å². The maximum atomic E-state index is 6.35. The molecule has 0 fully saturated rings. The molecule has 0 N–H and O–H groups in total. The molecule has 5 aromatic carbocycles. The average Bonchev–Trinajstić information content (AvgIpc) is 3.33. The van der Waals surface area contributed by atoms with Crippen LogP contribution in [-0.4, -0.2) is 0 Å². The highest BCUT2D eigenvalue weighted by Crippen LogP contribution is 2.52. The number of aryl methyl sites for hydroxylation is 1. The molecule has 1 heteroatoms. The van der Waals surface area contributed by atoms with Crippen LogP contribution in [0.1, 0.15) is 34.7 Å². The van der Waals surface area contributed by atoms with E-state index in [1.54, 1.807) is 6.26 Å². The molecular formula is C37H32O. The molecule has 0 amide bonds. The van der Waals surface area contributed by atoms with Crippen molar-refractivity contribution in [3.05, 3.63) is 137 Å². The van der Waals surface area contributed by atoms with Crippen molar-refractivity contribution in [1.82, 2.24) is 0 Å². The van der Waals surface area contributed by atoms with E-state index in [1.165, 1.54) is 66.8 Å². The number of hydrogen-bond donors (Lipinski definition) is 0. The van der Waals surface area contributed by atoms with Crippen LogP contribution in [0.25, 0.3) is 44.5 Å². The molecule has 0 saturated carbocycles. The lowest BCUT2D eigenvalue weighted by molar-refractivity contribution is 0.478. The minimum Gasteiger partial charge on any atom is -0.464 e. The summed E-state index contributed by atoms with van der Waals surface area (Å²) in [5.74, 6) is 0.925. The largest absolute Gasteiger partial charge is 0.464 e. The summed E-state index contributed by atoms with van der Waals surface area (Å²) in [5.41, 5.74) is 16.5. The summed E-state index contributed by atoms with van der Waals surface area (Å²) in [5, 5.41) is 0. The molecule has 0 aromatic heterocycles. The summed E-state index contributed by atoms with van der Waals surface area (Å²) >= 11 is 0. The van der Waals surface area contributed by atoms with E-state index in [2.05, 4.69) is 118 Å². The fourth-order valence-corrected chi connectivity index (χ4v) is 5.86. The van der Waals surface area contributed by atoms with E-state index in [1.807, 2.05) is 13.0 Å². The van der Waals surface area contributed by atoms with Crippen LogP contribution >= 0.6 is 0 Å². The van der Waals surface area contributed by atoms with E-state index in [4.69, 9.17) is 4.74 Å². The van der Waals surface area contributed by atoms with Gasteiger partial charge in [-0.25, -0.2) is 0 Å². The molecule has 1 nitrogen and oxygen atoms in total. The van der Waals surface area contributed by atoms with Gasteiger partial charge in [0.1, 0.15) is 5.75 Å². The Morgan fingerprint density at radius 1 is 0.605 bits per heavy atom. The lowest BCUT2D eigenvalue weighted by Crippen LogP contribution is -2.00. The van der Waals surface area contributed by atoms with E-state index >= 15 is 0 Å². The SMILES string of the molecule is CC=COc1c(-c2cc3c(c(-c4ccccc4)c2-c2ccccc2)Cc2ccccc2-3)cc(C)c(C)c1C. The highest BCUT2D eigenvalue weighted by Gasteiger charge is 2.28. The van der Waals surface area contributed by atoms with Gasteiger partial charge in [-0.1, -0.05) is 91.0 Å². The zero-order chi connectivity index (χ0) is 26.2. The quantitative estimate of drug-likeness (QED) is 0.218. The standard InChI is InChI=1S/C37H32O/c1-5-20-38-37-26(4)25(3)24(2)21-34(37)33-23-31-30-19-13-12-18-29(30)22-32(31)35(27-14-8-6-9-15-27)36(33)28-16-10-7-11-17-28/h5-21,23H,22H2,1-4H3. The van der Waals surface area contributed by atoms with E-state index in [0.29, 0.717) is 0 Å². The van der Waals surface area contributed by atoms with Crippen LogP contribution in [0.3, 0.4) is 0 Å². The lowest BCUT2D eigenvalue weighted by atomic mass is 9.81. The smallest absolute Gasteiger partial charge is 0.137 e. The van der Waals surface area contributed by atoms with Crippen molar-refractivity contribution < 1.29 is 4.74 Å². The minimum atomic E-state index is 0.925. The summed E-state index contributed by atoms with van der Waals surface area (Å²) in [6, 6.07) is 35.3. The monoisotopic (exact) mass is 492 g/mol. The molecule has 0 aliphatic heterocycles. The molecule has 0 unspecified atom stereocenters. The first-order valence-corrected chi connectivity index (χ1v) is 13.4. The second kappa shape index (κ2) is 9.84. The Morgan fingerprint density at radius 3 is 1.92 bits per heavy atom. The molecule has 5 aromatic rings. The van der Waals surface area contributed by atoms with Crippen LogP contribution in [0, 0.1) is 20.8 Å². The van der Waals surface area contributed by atoms with E-state index < -0.39 is 0 Å². The Labute approximate surface area is 226 Å². The van der Waals surface area contributed by atoms with Crippen molar-refractivity contribution in [2.75, 3.05) is 0 Å². The van der Waals surface area contributed by atoms with Gasteiger partial charge in [-0.2, -0.15) is 0 Å². The Hall–Kier alpha value is -4.36. The van der Waals surface area contributed by atoms with E-state index in [0.717, 1.165) is 17.7 Å². The average molecular weight is 493 g/mol. The fraction of sp³-hybridized carbons (Fsp3) is 0.135. The topological polar surface area (TPSA) is 9.23 Å². The van der Waals surface area contributed by atoms with Crippen molar-refractivity contribution in [3.63, 3.8) is 0 Å². The summed E-state index contributed by atoms with van der Waals surface area (Å²) < 4.78 is 6.35. The van der Waals surface area contributed by atoms with Crippen LogP contribution in [0.4, 0.5) is 0 Å². The molecule has 0 radical (unpaired) electrons. The van der Waals surface area contributed by atoms with Crippen LogP contribution in [-0.2, 0) is 6.42 Å². The third-order valence-electron chi connectivity index (χ3n) is 7.95. The van der Waals surface area contributed by atoms with E-state index in [9.17, 15) is 0 Å². The summed E-state index contributed by atoms with van der Waals surface area (Å²) in [6.07, 6.45) is 4.68. The predicted molar refractivity (Wildman–Crippen MR) is 161 cm³/mol. The van der Waals surface area contributed by atoms with Gasteiger partial charge in [0.15, 0.2) is 0 Å². The third kappa shape index (κ3) is 3.96. The first kappa shape index (κ1) is 24.0. The van der Waals surface area contributed by atoms with Crippen LogP contribution < -0.4 is 4.74 Å². The first-order chi connectivity index (χ1) is 18.6. The van der Waals surface area contributed by atoms with Crippen LogP contribution in [0.15, 0.2) is 109 Å². The van der Waals surface area contributed by atoms with Gasteiger partial charge in [0, 0.05) is 5.56 Å². The van der Waals surface area contributed by atoms with Gasteiger partial charge < -0.3 is 4.74 Å². The predicted octanol–water partition coefficient (Wildman–Crippen LogP) is 10.1. The number of allylic oxidation sites excluding steroid dienone is 1. The summed E-state index contributed by atoms with van der Waals surface area (Å²) in [6.45, 7) is 8.55. The zero-order valence-electron chi connectivity index (χ0n) is 22.5. The Morgan fingerprint density at radius 2 is 1.24 bits per heavy atom. The van der Waals surface area contributed by atoms with Crippen molar-refractivity contribution in [2.45, 2.75) is 34.1 Å². The molecule has 38 heavy (non-hydrogen) atoms. The second-order valence-electron chi connectivity index (χ2n) is 10.2. The van der Waals surface area contributed by atoms with Crippen LogP contribution in [0.2, 0.25) is 0 Å². The molecular weight excluding hydrogens is 460 g/mol. The number of ether oxygens (including phenoxy) is 1. The van der Waals surface area contributed by atoms with Gasteiger partial charge >= 0.3 is 0 Å². The molecule has 0 spiro atoms. The Kier molecular flexibility index (Phi) is 6.21.